The van der Waals surface area contributed by atoms with Crippen molar-refractivity contribution in [1.29, 1.82) is 0 Å². The van der Waals surface area contributed by atoms with E-state index in [0.29, 0.717) is 5.92 Å². The van der Waals surface area contributed by atoms with Gasteiger partial charge in [0.25, 0.3) is 0 Å². The Balaban J connectivity index is 1.91. The monoisotopic (exact) mass is 310 g/mol. The number of hydrogen-bond acceptors (Lipinski definition) is 5. The molecule has 1 saturated heterocycles. The molecule has 0 saturated carbocycles. The van der Waals surface area contributed by atoms with Crippen LogP contribution in [-0.2, 0) is 21.5 Å². The van der Waals surface area contributed by atoms with Crippen molar-refractivity contribution in [3.63, 3.8) is 0 Å². The van der Waals surface area contributed by atoms with Crippen molar-refractivity contribution >= 4 is 11.3 Å². The lowest BCUT2D eigenvalue weighted by atomic mass is 9.90. The third-order valence-electron chi connectivity index (χ3n) is 4.63. The minimum absolute atomic E-state index is 0.195. The fourth-order valence-electron chi connectivity index (χ4n) is 3.54. The predicted molar refractivity (Wildman–Crippen MR) is 85.1 cm³/mol. The average Bonchev–Trinajstić information content (AvgIpc) is 2.95. The normalized spacial score (nSPS) is 24.8. The third kappa shape index (κ3) is 3.02. The molecule has 1 fully saturated rings. The Labute approximate surface area is 131 Å². The Kier molecular flexibility index (Phi) is 4.94. The van der Waals surface area contributed by atoms with Crippen LogP contribution in [0, 0.1) is 0 Å². The molecule has 1 atom stereocenters. The summed E-state index contributed by atoms with van der Waals surface area (Å²) in [6.45, 7) is 5.41. The van der Waals surface area contributed by atoms with E-state index in [9.17, 15) is 0 Å². The molecule has 5 heteroatoms. The minimum Gasteiger partial charge on any atom is -0.381 e. The summed E-state index contributed by atoms with van der Waals surface area (Å²) in [5, 5.41) is 4.51. The molecule has 0 radical (unpaired) electrons. The van der Waals surface area contributed by atoms with Crippen molar-refractivity contribution in [3.8, 4) is 0 Å². The molecule has 1 N–H and O–H groups in total. The van der Waals surface area contributed by atoms with Crippen molar-refractivity contribution in [3.05, 3.63) is 15.6 Å². The van der Waals surface area contributed by atoms with Crippen LogP contribution in [0.1, 0.15) is 54.1 Å². The van der Waals surface area contributed by atoms with Gasteiger partial charge in [-0.15, -0.1) is 11.3 Å². The number of nitrogens with one attached hydrogen (secondary N) is 1. The van der Waals surface area contributed by atoms with Gasteiger partial charge in [-0.1, -0.05) is 0 Å². The summed E-state index contributed by atoms with van der Waals surface area (Å²) < 4.78 is 11.7. The standard InChI is InChI=1S/C16H26N2O2S/c1-3-20-16(7-9-19-10-8-16)15-18-14-12(11-17-2)5-4-6-13(14)21-15/h12,17H,3-11H2,1-2H3. The Hall–Kier alpha value is -0.490. The maximum atomic E-state index is 6.18. The zero-order chi connectivity index (χ0) is 14.7. The number of hydrogen-bond donors (Lipinski definition) is 1. The van der Waals surface area contributed by atoms with Crippen LogP contribution < -0.4 is 5.32 Å². The topological polar surface area (TPSA) is 43.4 Å². The molecule has 0 aromatic carbocycles. The first-order valence-electron chi connectivity index (χ1n) is 8.15. The van der Waals surface area contributed by atoms with Gasteiger partial charge in [0.1, 0.15) is 10.6 Å². The highest BCUT2D eigenvalue weighted by atomic mass is 32.1. The first-order chi connectivity index (χ1) is 10.3. The number of nitrogens with zero attached hydrogens (tertiary/aromatic N) is 1. The molecular weight excluding hydrogens is 284 g/mol. The van der Waals surface area contributed by atoms with E-state index in [4.69, 9.17) is 14.5 Å². The number of rotatable bonds is 5. The van der Waals surface area contributed by atoms with E-state index in [2.05, 4.69) is 12.2 Å². The first kappa shape index (κ1) is 15.4. The highest BCUT2D eigenvalue weighted by molar-refractivity contribution is 7.11. The molecule has 0 amide bonds. The van der Waals surface area contributed by atoms with Gasteiger partial charge in [-0.3, -0.25) is 0 Å². The molecule has 4 nitrogen and oxygen atoms in total. The average molecular weight is 310 g/mol. The smallest absolute Gasteiger partial charge is 0.125 e. The van der Waals surface area contributed by atoms with Gasteiger partial charge in [0.05, 0.1) is 5.69 Å². The molecule has 0 bridgehead atoms. The van der Waals surface area contributed by atoms with Crippen molar-refractivity contribution < 1.29 is 9.47 Å². The molecule has 21 heavy (non-hydrogen) atoms. The lowest BCUT2D eigenvalue weighted by Gasteiger charge is -2.35. The molecular formula is C16H26N2O2S. The molecule has 3 rings (SSSR count). The van der Waals surface area contributed by atoms with E-state index in [1.807, 2.05) is 18.4 Å². The van der Waals surface area contributed by atoms with E-state index in [1.54, 1.807) is 0 Å². The van der Waals surface area contributed by atoms with Crippen LogP contribution in [0.25, 0.3) is 0 Å². The molecule has 0 spiro atoms. The molecule has 118 valence electrons. The van der Waals surface area contributed by atoms with E-state index in [1.165, 1.54) is 34.8 Å². The van der Waals surface area contributed by atoms with Gasteiger partial charge in [0, 0.05) is 50.0 Å². The predicted octanol–water partition coefficient (Wildman–Crippen LogP) is 2.82. The highest BCUT2D eigenvalue weighted by Gasteiger charge is 2.39. The number of aryl methyl sites for hydroxylation is 1. The number of likely N-dealkylation sites (N-methyl/N-ethyl adjacent to an activating group) is 1. The SMILES string of the molecule is CCOC1(c2nc3c(s2)CCCC3CNC)CCOCC1. The van der Waals surface area contributed by atoms with E-state index < -0.39 is 0 Å². The van der Waals surface area contributed by atoms with Crippen LogP contribution in [0.5, 0.6) is 0 Å². The van der Waals surface area contributed by atoms with Gasteiger partial charge in [0.15, 0.2) is 0 Å². The summed E-state index contributed by atoms with van der Waals surface area (Å²) in [5.41, 5.74) is 1.14. The second kappa shape index (κ2) is 6.73. The van der Waals surface area contributed by atoms with Crippen LogP contribution in [0.4, 0.5) is 0 Å². The number of aromatic nitrogens is 1. The quantitative estimate of drug-likeness (QED) is 0.908. The van der Waals surface area contributed by atoms with Crippen LogP contribution in [0.3, 0.4) is 0 Å². The summed E-state index contributed by atoms with van der Waals surface area (Å²) in [4.78, 5) is 6.55. The largest absolute Gasteiger partial charge is 0.381 e. The minimum atomic E-state index is -0.195. The van der Waals surface area contributed by atoms with Crippen molar-refractivity contribution in [2.45, 2.75) is 50.5 Å². The fourth-order valence-corrected chi connectivity index (χ4v) is 4.93. The van der Waals surface area contributed by atoms with Crippen molar-refractivity contribution in [2.24, 2.45) is 0 Å². The van der Waals surface area contributed by atoms with Crippen LogP contribution >= 0.6 is 11.3 Å². The molecule has 2 aliphatic rings. The summed E-state index contributed by atoms with van der Waals surface area (Å²) in [6.07, 6.45) is 5.59. The van der Waals surface area contributed by atoms with Crippen LogP contribution in [-0.4, -0.2) is 38.4 Å². The third-order valence-corrected chi connectivity index (χ3v) is 5.95. The maximum absolute atomic E-state index is 6.18. The summed E-state index contributed by atoms with van der Waals surface area (Å²) in [6, 6.07) is 0. The van der Waals surface area contributed by atoms with E-state index in [-0.39, 0.29) is 5.60 Å². The van der Waals surface area contributed by atoms with Crippen molar-refractivity contribution in [1.82, 2.24) is 10.3 Å². The molecule has 1 aromatic rings. The lowest BCUT2D eigenvalue weighted by Crippen LogP contribution is -2.36. The number of thiazole rings is 1. The lowest BCUT2D eigenvalue weighted by molar-refractivity contribution is -0.112. The second-order valence-corrected chi connectivity index (χ2v) is 7.10. The molecule has 1 aliphatic carbocycles. The van der Waals surface area contributed by atoms with Gasteiger partial charge < -0.3 is 14.8 Å². The van der Waals surface area contributed by atoms with Crippen LogP contribution in [0.2, 0.25) is 0 Å². The summed E-state index contributed by atoms with van der Waals surface area (Å²) in [5.74, 6) is 0.572. The zero-order valence-electron chi connectivity index (χ0n) is 13.1. The Bertz CT molecular complexity index is 463. The second-order valence-electron chi connectivity index (χ2n) is 6.01. The van der Waals surface area contributed by atoms with Crippen LogP contribution in [0.15, 0.2) is 0 Å². The zero-order valence-corrected chi connectivity index (χ0v) is 13.9. The van der Waals surface area contributed by atoms with E-state index >= 15 is 0 Å². The Morgan fingerprint density at radius 3 is 2.95 bits per heavy atom. The molecule has 1 aromatic heterocycles. The van der Waals surface area contributed by atoms with Gasteiger partial charge in [-0.25, -0.2) is 4.98 Å². The highest BCUT2D eigenvalue weighted by Crippen LogP contribution is 2.43. The Morgan fingerprint density at radius 2 is 2.24 bits per heavy atom. The summed E-state index contributed by atoms with van der Waals surface area (Å²) >= 11 is 1.89. The molecule has 1 unspecified atom stereocenters. The van der Waals surface area contributed by atoms with Gasteiger partial charge in [0.2, 0.25) is 0 Å². The van der Waals surface area contributed by atoms with Gasteiger partial charge in [-0.2, -0.15) is 0 Å². The number of ether oxygens (including phenoxy) is 2. The Morgan fingerprint density at radius 1 is 1.43 bits per heavy atom. The summed E-state index contributed by atoms with van der Waals surface area (Å²) in [7, 11) is 2.03. The maximum Gasteiger partial charge on any atom is 0.125 e. The van der Waals surface area contributed by atoms with Gasteiger partial charge in [-0.05, 0) is 33.2 Å². The first-order valence-corrected chi connectivity index (χ1v) is 8.97. The van der Waals surface area contributed by atoms with Gasteiger partial charge >= 0.3 is 0 Å². The molecule has 1 aliphatic heterocycles. The van der Waals surface area contributed by atoms with Crippen molar-refractivity contribution in [2.75, 3.05) is 33.4 Å². The van der Waals surface area contributed by atoms with E-state index in [0.717, 1.165) is 39.2 Å². The number of fused-ring (bicyclic) bond motifs is 1. The molecule has 2 heterocycles. The fraction of sp³-hybridized carbons (Fsp3) is 0.812.